The second-order valence-corrected chi connectivity index (χ2v) is 7.28. The van der Waals surface area contributed by atoms with E-state index in [1.807, 2.05) is 54.7 Å². The maximum atomic E-state index is 12.2. The van der Waals surface area contributed by atoms with Crippen molar-refractivity contribution in [2.75, 3.05) is 13.7 Å². The van der Waals surface area contributed by atoms with Crippen LogP contribution in [0.2, 0.25) is 0 Å². The van der Waals surface area contributed by atoms with Gasteiger partial charge in [0.15, 0.2) is 11.5 Å². The quantitative estimate of drug-likeness (QED) is 0.541. The lowest BCUT2D eigenvalue weighted by Crippen LogP contribution is -2.20. The molecule has 0 fully saturated rings. The van der Waals surface area contributed by atoms with Crippen LogP contribution in [0.25, 0.3) is 11.8 Å². The van der Waals surface area contributed by atoms with Gasteiger partial charge in [0.1, 0.15) is 0 Å². The van der Waals surface area contributed by atoms with Gasteiger partial charge in [0, 0.05) is 25.0 Å². The molecule has 0 aliphatic rings. The molecule has 1 amide bonds. The number of carbonyl (C=O) groups excluding carboxylic acids is 1. The van der Waals surface area contributed by atoms with E-state index in [4.69, 9.17) is 9.47 Å². The fraction of sp³-hybridized carbons (Fsp3) is 0.250. The third-order valence-corrected chi connectivity index (χ3v) is 4.36. The van der Waals surface area contributed by atoms with E-state index in [-0.39, 0.29) is 5.91 Å². The molecule has 1 heterocycles. The first-order chi connectivity index (χ1) is 14.5. The van der Waals surface area contributed by atoms with Gasteiger partial charge in [-0.2, -0.15) is 5.10 Å². The molecule has 2 aromatic carbocycles. The molecule has 0 saturated carbocycles. The summed E-state index contributed by atoms with van der Waals surface area (Å²) < 4.78 is 12.9. The number of hydrogen-bond acceptors (Lipinski definition) is 4. The van der Waals surface area contributed by atoms with Crippen LogP contribution in [0.5, 0.6) is 11.5 Å². The van der Waals surface area contributed by atoms with E-state index in [1.165, 1.54) is 6.08 Å². The van der Waals surface area contributed by atoms with Crippen LogP contribution in [0.1, 0.15) is 25.0 Å². The molecule has 0 aliphatic heterocycles. The molecular formula is C24H27N3O3. The zero-order chi connectivity index (χ0) is 21.3. The third kappa shape index (κ3) is 5.98. The Bertz CT molecular complexity index is 977. The van der Waals surface area contributed by atoms with Gasteiger partial charge < -0.3 is 14.8 Å². The average Bonchev–Trinajstić information content (AvgIpc) is 3.30. The van der Waals surface area contributed by atoms with E-state index in [1.54, 1.807) is 24.1 Å². The van der Waals surface area contributed by atoms with Crippen molar-refractivity contribution in [3.05, 3.63) is 78.1 Å². The SMILES string of the molecule is COc1cc(C=CC(=O)NCc2ccc(-n3cccn3)cc2)ccc1OCC(C)C. The molecule has 0 radical (unpaired) electrons. The molecule has 0 aliphatic carbocycles. The van der Waals surface area contributed by atoms with Crippen LogP contribution in [-0.2, 0) is 11.3 Å². The molecule has 0 atom stereocenters. The Morgan fingerprint density at radius 2 is 1.97 bits per heavy atom. The number of carbonyl (C=O) groups is 1. The smallest absolute Gasteiger partial charge is 0.244 e. The summed E-state index contributed by atoms with van der Waals surface area (Å²) in [6.07, 6.45) is 6.90. The Morgan fingerprint density at radius 3 is 2.63 bits per heavy atom. The first-order valence-corrected chi connectivity index (χ1v) is 9.91. The number of methoxy groups -OCH3 is 1. The van der Waals surface area contributed by atoms with E-state index in [9.17, 15) is 4.79 Å². The minimum Gasteiger partial charge on any atom is -0.493 e. The van der Waals surface area contributed by atoms with Crippen molar-refractivity contribution in [2.24, 2.45) is 5.92 Å². The lowest BCUT2D eigenvalue weighted by atomic mass is 10.1. The van der Waals surface area contributed by atoms with Crippen molar-refractivity contribution in [3.8, 4) is 17.2 Å². The van der Waals surface area contributed by atoms with Crippen molar-refractivity contribution in [3.63, 3.8) is 0 Å². The molecule has 0 saturated heterocycles. The molecule has 1 aromatic heterocycles. The molecule has 0 unspecified atom stereocenters. The van der Waals surface area contributed by atoms with Gasteiger partial charge in [-0.15, -0.1) is 0 Å². The van der Waals surface area contributed by atoms with Gasteiger partial charge in [-0.25, -0.2) is 4.68 Å². The van der Waals surface area contributed by atoms with E-state index >= 15 is 0 Å². The molecule has 6 heteroatoms. The molecule has 0 bridgehead atoms. The van der Waals surface area contributed by atoms with Crippen molar-refractivity contribution < 1.29 is 14.3 Å². The van der Waals surface area contributed by atoms with Gasteiger partial charge in [-0.1, -0.05) is 32.0 Å². The molecule has 1 N–H and O–H groups in total. The van der Waals surface area contributed by atoms with Crippen molar-refractivity contribution >= 4 is 12.0 Å². The van der Waals surface area contributed by atoms with Crippen LogP contribution in [0.3, 0.4) is 0 Å². The average molecular weight is 405 g/mol. The highest BCUT2D eigenvalue weighted by Gasteiger charge is 2.06. The first-order valence-electron chi connectivity index (χ1n) is 9.91. The molecule has 3 rings (SSSR count). The van der Waals surface area contributed by atoms with Crippen molar-refractivity contribution in [1.29, 1.82) is 0 Å². The van der Waals surface area contributed by atoms with Crippen LogP contribution < -0.4 is 14.8 Å². The number of aromatic nitrogens is 2. The lowest BCUT2D eigenvalue weighted by molar-refractivity contribution is -0.116. The highest BCUT2D eigenvalue weighted by atomic mass is 16.5. The van der Waals surface area contributed by atoms with Gasteiger partial charge in [-0.05, 0) is 53.5 Å². The molecule has 30 heavy (non-hydrogen) atoms. The number of nitrogens with zero attached hydrogens (tertiary/aromatic N) is 2. The predicted molar refractivity (Wildman–Crippen MR) is 118 cm³/mol. The normalized spacial score (nSPS) is 11.1. The largest absolute Gasteiger partial charge is 0.493 e. The number of ether oxygens (including phenoxy) is 2. The summed E-state index contributed by atoms with van der Waals surface area (Å²) in [4.78, 5) is 12.2. The van der Waals surface area contributed by atoms with Gasteiger partial charge in [0.25, 0.3) is 0 Å². The van der Waals surface area contributed by atoms with Crippen molar-refractivity contribution in [2.45, 2.75) is 20.4 Å². The second-order valence-electron chi connectivity index (χ2n) is 7.28. The van der Waals surface area contributed by atoms with Crippen LogP contribution in [-0.4, -0.2) is 29.4 Å². The molecule has 3 aromatic rings. The Kier molecular flexibility index (Phi) is 7.27. The van der Waals surface area contributed by atoms with E-state index < -0.39 is 0 Å². The predicted octanol–water partition coefficient (Wildman–Crippen LogP) is 4.25. The summed E-state index contributed by atoms with van der Waals surface area (Å²) in [6.45, 7) is 5.26. The van der Waals surface area contributed by atoms with E-state index in [2.05, 4.69) is 24.3 Å². The van der Waals surface area contributed by atoms with Crippen LogP contribution in [0, 0.1) is 5.92 Å². The summed E-state index contributed by atoms with van der Waals surface area (Å²) >= 11 is 0. The summed E-state index contributed by atoms with van der Waals surface area (Å²) in [6, 6.07) is 15.4. The number of rotatable bonds is 9. The number of hydrogen-bond donors (Lipinski definition) is 1. The molecular weight excluding hydrogens is 378 g/mol. The number of amides is 1. The maximum Gasteiger partial charge on any atom is 0.244 e. The molecule has 156 valence electrons. The fourth-order valence-electron chi connectivity index (χ4n) is 2.77. The third-order valence-electron chi connectivity index (χ3n) is 4.36. The van der Waals surface area contributed by atoms with Gasteiger partial charge in [-0.3, -0.25) is 4.79 Å². The highest BCUT2D eigenvalue weighted by molar-refractivity contribution is 5.91. The standard InChI is InChI=1S/C24H27N3O3/c1-18(2)17-30-22-11-7-19(15-23(22)29-3)8-12-24(28)25-16-20-5-9-21(10-6-20)27-14-4-13-26-27/h4-15,18H,16-17H2,1-3H3,(H,25,28). The van der Waals surface area contributed by atoms with E-state index in [0.29, 0.717) is 30.6 Å². The number of benzene rings is 2. The summed E-state index contributed by atoms with van der Waals surface area (Å²) in [5.41, 5.74) is 2.85. The van der Waals surface area contributed by atoms with Crippen LogP contribution >= 0.6 is 0 Å². The Balaban J connectivity index is 1.54. The topological polar surface area (TPSA) is 65.4 Å². The Morgan fingerprint density at radius 1 is 1.17 bits per heavy atom. The molecule has 6 nitrogen and oxygen atoms in total. The zero-order valence-corrected chi connectivity index (χ0v) is 17.5. The minimum atomic E-state index is -0.162. The van der Waals surface area contributed by atoms with Crippen molar-refractivity contribution in [1.82, 2.24) is 15.1 Å². The second kappa shape index (κ2) is 10.3. The Labute approximate surface area is 177 Å². The van der Waals surface area contributed by atoms with Gasteiger partial charge in [0.2, 0.25) is 5.91 Å². The minimum absolute atomic E-state index is 0.162. The van der Waals surface area contributed by atoms with Gasteiger partial charge in [0.05, 0.1) is 19.4 Å². The van der Waals surface area contributed by atoms with Crippen LogP contribution in [0.4, 0.5) is 0 Å². The monoisotopic (exact) mass is 405 g/mol. The molecule has 0 spiro atoms. The van der Waals surface area contributed by atoms with E-state index in [0.717, 1.165) is 16.8 Å². The number of nitrogens with one attached hydrogen (secondary N) is 1. The van der Waals surface area contributed by atoms with Gasteiger partial charge >= 0.3 is 0 Å². The van der Waals surface area contributed by atoms with Crippen LogP contribution in [0.15, 0.2) is 67.0 Å². The zero-order valence-electron chi connectivity index (χ0n) is 17.5. The first kappa shape index (κ1) is 21.2. The maximum absolute atomic E-state index is 12.2. The summed E-state index contributed by atoms with van der Waals surface area (Å²) in [7, 11) is 1.61. The summed E-state index contributed by atoms with van der Waals surface area (Å²) in [5.74, 6) is 1.62. The Hall–Kier alpha value is -3.54. The highest BCUT2D eigenvalue weighted by Crippen LogP contribution is 2.29. The lowest BCUT2D eigenvalue weighted by Gasteiger charge is -2.12. The summed E-state index contributed by atoms with van der Waals surface area (Å²) in [5, 5.41) is 7.09. The fourth-order valence-corrected chi connectivity index (χ4v) is 2.77.